The zero-order valence-electron chi connectivity index (χ0n) is 8.49. The summed E-state index contributed by atoms with van der Waals surface area (Å²) in [6.45, 7) is 1.25. The molecule has 98 valence electrons. The molecule has 0 rings (SSSR count). The van der Waals surface area contributed by atoms with Crippen LogP contribution < -0.4 is 0 Å². The summed E-state index contributed by atoms with van der Waals surface area (Å²) in [5, 5.41) is 0. The first-order valence-electron chi connectivity index (χ1n) is 4.52. The van der Waals surface area contributed by atoms with Gasteiger partial charge in [0, 0.05) is 5.75 Å². The number of hydrogen-bond donors (Lipinski definition) is 0. The molecule has 0 heterocycles. The molecule has 0 N–H and O–H groups in total. The van der Waals surface area contributed by atoms with Gasteiger partial charge in [0.05, 0.1) is 6.61 Å². The van der Waals surface area contributed by atoms with E-state index in [0.29, 0.717) is 5.75 Å². The highest BCUT2D eigenvalue weighted by Crippen LogP contribution is 2.35. The van der Waals surface area contributed by atoms with Gasteiger partial charge < -0.3 is 4.74 Å². The molecule has 1 nitrogen and oxygen atoms in total. The van der Waals surface area contributed by atoms with E-state index in [9.17, 15) is 26.3 Å². The first-order chi connectivity index (χ1) is 7.22. The van der Waals surface area contributed by atoms with Gasteiger partial charge in [0.15, 0.2) is 0 Å². The second-order valence-corrected chi connectivity index (χ2v) is 4.15. The van der Waals surface area contributed by atoms with Crippen LogP contribution in [-0.2, 0) is 4.74 Å². The second-order valence-electron chi connectivity index (χ2n) is 2.93. The van der Waals surface area contributed by atoms with Gasteiger partial charge in [-0.2, -0.15) is 33.7 Å². The fourth-order valence-electron chi connectivity index (χ4n) is 0.747. The summed E-state index contributed by atoms with van der Waals surface area (Å²) < 4.78 is 75.8. The van der Waals surface area contributed by atoms with E-state index >= 15 is 0 Å². The number of ether oxygens (including phenoxy) is 1. The molecular weight excluding hydrogens is 258 g/mol. The lowest BCUT2D eigenvalue weighted by atomic mass is 10.3. The SMILES string of the molecule is CCCSCCOC(F)(F)C(F)C(F)(F)F. The molecule has 0 aliphatic heterocycles. The smallest absolute Gasteiger partial charge is 0.317 e. The highest BCUT2D eigenvalue weighted by molar-refractivity contribution is 7.99. The minimum atomic E-state index is -5.61. The summed E-state index contributed by atoms with van der Waals surface area (Å²) in [7, 11) is 0. The van der Waals surface area contributed by atoms with Crippen LogP contribution in [0.15, 0.2) is 0 Å². The van der Waals surface area contributed by atoms with Gasteiger partial charge in [-0.25, -0.2) is 4.39 Å². The monoisotopic (exact) mass is 270 g/mol. The van der Waals surface area contributed by atoms with Crippen molar-refractivity contribution in [1.82, 2.24) is 0 Å². The second kappa shape index (κ2) is 6.58. The van der Waals surface area contributed by atoms with E-state index in [1.54, 1.807) is 0 Å². The Labute approximate surface area is 93.5 Å². The summed E-state index contributed by atoms with van der Waals surface area (Å²) in [5.74, 6) is 0.793. The fourth-order valence-corrected chi connectivity index (χ4v) is 1.44. The molecular formula is C8H12F6OS. The Morgan fingerprint density at radius 1 is 1.12 bits per heavy atom. The largest absolute Gasteiger partial charge is 0.428 e. The lowest BCUT2D eigenvalue weighted by molar-refractivity contribution is -0.333. The zero-order chi connectivity index (χ0) is 12.8. The predicted octanol–water partition coefficient (Wildman–Crippen LogP) is 3.64. The van der Waals surface area contributed by atoms with Crippen molar-refractivity contribution >= 4 is 11.8 Å². The topological polar surface area (TPSA) is 9.23 Å². The van der Waals surface area contributed by atoms with Crippen LogP contribution in [0.5, 0.6) is 0 Å². The summed E-state index contributed by atoms with van der Waals surface area (Å²) in [6.07, 6.45) is -13.9. The Hall–Kier alpha value is -0.110. The van der Waals surface area contributed by atoms with E-state index in [2.05, 4.69) is 4.74 Å². The Bertz CT molecular complexity index is 195. The quantitative estimate of drug-likeness (QED) is 0.516. The molecule has 0 saturated carbocycles. The average molecular weight is 270 g/mol. The van der Waals surface area contributed by atoms with Gasteiger partial charge >= 0.3 is 12.3 Å². The maximum absolute atomic E-state index is 12.5. The van der Waals surface area contributed by atoms with Crippen molar-refractivity contribution in [3.8, 4) is 0 Å². The number of hydrogen-bond acceptors (Lipinski definition) is 2. The van der Waals surface area contributed by atoms with Crippen molar-refractivity contribution in [3.63, 3.8) is 0 Å². The van der Waals surface area contributed by atoms with E-state index in [0.717, 1.165) is 6.42 Å². The van der Waals surface area contributed by atoms with Crippen molar-refractivity contribution in [2.75, 3.05) is 18.1 Å². The van der Waals surface area contributed by atoms with Gasteiger partial charge in [0.2, 0.25) is 0 Å². The minimum Gasteiger partial charge on any atom is -0.317 e. The van der Waals surface area contributed by atoms with Crippen LogP contribution in [0.25, 0.3) is 0 Å². The average Bonchev–Trinajstić information content (AvgIpc) is 2.15. The molecule has 0 saturated heterocycles. The van der Waals surface area contributed by atoms with Crippen molar-refractivity contribution in [1.29, 1.82) is 0 Å². The number of thioether (sulfide) groups is 1. The summed E-state index contributed by atoms with van der Waals surface area (Å²) in [6, 6.07) is 0. The van der Waals surface area contributed by atoms with Crippen LogP contribution in [0.2, 0.25) is 0 Å². The Morgan fingerprint density at radius 2 is 1.69 bits per heavy atom. The molecule has 0 aromatic heterocycles. The molecule has 0 aliphatic rings. The Kier molecular flexibility index (Phi) is 6.54. The normalized spacial score (nSPS) is 15.2. The number of alkyl halides is 6. The van der Waals surface area contributed by atoms with Crippen LogP contribution in [0.3, 0.4) is 0 Å². The first-order valence-corrected chi connectivity index (χ1v) is 5.67. The van der Waals surface area contributed by atoms with Crippen LogP contribution in [0.4, 0.5) is 26.3 Å². The van der Waals surface area contributed by atoms with Gasteiger partial charge in [-0.15, -0.1) is 0 Å². The molecule has 0 fully saturated rings. The van der Waals surface area contributed by atoms with Crippen molar-refractivity contribution < 1.29 is 31.1 Å². The number of rotatable bonds is 7. The lowest BCUT2D eigenvalue weighted by Crippen LogP contribution is -2.43. The van der Waals surface area contributed by atoms with Gasteiger partial charge in [-0.1, -0.05) is 6.92 Å². The van der Waals surface area contributed by atoms with Gasteiger partial charge in [0.1, 0.15) is 0 Å². The molecule has 16 heavy (non-hydrogen) atoms. The molecule has 8 heteroatoms. The standard InChI is InChI=1S/C8H12F6OS/c1-2-4-16-5-3-15-8(13,14)6(9)7(10,11)12/h6H,2-5H2,1H3. The highest BCUT2D eigenvalue weighted by Gasteiger charge is 2.58. The number of halogens is 6. The third-order valence-corrected chi connectivity index (χ3v) is 2.61. The van der Waals surface area contributed by atoms with Crippen molar-refractivity contribution in [2.24, 2.45) is 0 Å². The molecule has 0 spiro atoms. The first kappa shape index (κ1) is 15.9. The Morgan fingerprint density at radius 3 is 2.12 bits per heavy atom. The molecule has 0 bridgehead atoms. The van der Waals surface area contributed by atoms with E-state index < -0.39 is 25.1 Å². The van der Waals surface area contributed by atoms with E-state index in [4.69, 9.17) is 0 Å². The molecule has 0 radical (unpaired) electrons. The fraction of sp³-hybridized carbons (Fsp3) is 1.00. The Balaban J connectivity index is 3.95. The summed E-state index contributed by atoms with van der Waals surface area (Å²) in [4.78, 5) is 0. The third kappa shape index (κ3) is 5.83. The molecule has 0 aromatic carbocycles. The molecule has 0 aromatic rings. The minimum absolute atomic E-state index is 0.105. The molecule has 1 atom stereocenters. The van der Waals surface area contributed by atoms with Gasteiger partial charge in [-0.3, -0.25) is 0 Å². The van der Waals surface area contributed by atoms with Crippen LogP contribution >= 0.6 is 11.8 Å². The van der Waals surface area contributed by atoms with E-state index in [1.165, 1.54) is 11.8 Å². The van der Waals surface area contributed by atoms with Crippen molar-refractivity contribution in [3.05, 3.63) is 0 Å². The van der Waals surface area contributed by atoms with Crippen LogP contribution in [0, 0.1) is 0 Å². The van der Waals surface area contributed by atoms with Gasteiger partial charge in [-0.05, 0) is 12.2 Å². The molecule has 0 aliphatic carbocycles. The summed E-state index contributed by atoms with van der Waals surface area (Å²) >= 11 is 1.25. The van der Waals surface area contributed by atoms with E-state index in [-0.39, 0.29) is 5.75 Å². The van der Waals surface area contributed by atoms with Crippen LogP contribution in [-0.4, -0.2) is 36.6 Å². The predicted molar refractivity (Wildman–Crippen MR) is 49.5 cm³/mol. The van der Waals surface area contributed by atoms with Crippen molar-refractivity contribution in [2.45, 2.75) is 31.8 Å². The molecule has 1 unspecified atom stereocenters. The van der Waals surface area contributed by atoms with Gasteiger partial charge in [0.25, 0.3) is 6.17 Å². The zero-order valence-corrected chi connectivity index (χ0v) is 9.31. The lowest BCUT2D eigenvalue weighted by Gasteiger charge is -2.22. The maximum atomic E-state index is 12.5. The van der Waals surface area contributed by atoms with Crippen LogP contribution in [0.1, 0.15) is 13.3 Å². The molecule has 0 amide bonds. The summed E-state index contributed by atoms with van der Waals surface area (Å²) in [5.41, 5.74) is 0. The third-order valence-electron chi connectivity index (χ3n) is 1.45. The maximum Gasteiger partial charge on any atom is 0.428 e. The van der Waals surface area contributed by atoms with E-state index in [1.807, 2.05) is 6.92 Å². The highest BCUT2D eigenvalue weighted by atomic mass is 32.2.